The Kier molecular flexibility index (Phi) is 5.93. The van der Waals surface area contributed by atoms with Crippen LogP contribution in [0.2, 0.25) is 0 Å². The molecule has 0 radical (unpaired) electrons. The van der Waals surface area contributed by atoms with Crippen molar-refractivity contribution in [3.8, 4) is 5.75 Å². The third-order valence-corrected chi connectivity index (χ3v) is 6.45. The molecule has 150 valence electrons. The molecular weight excluding hydrogens is 376 g/mol. The smallest absolute Gasteiger partial charge is 0.264 e. The highest BCUT2D eigenvalue weighted by Crippen LogP contribution is 2.33. The number of sulfonamides is 1. The predicted molar refractivity (Wildman–Crippen MR) is 109 cm³/mol. The lowest BCUT2D eigenvalue weighted by Crippen LogP contribution is -2.38. The Balaban J connectivity index is 1.70. The Morgan fingerprint density at radius 3 is 2.46 bits per heavy atom. The summed E-state index contributed by atoms with van der Waals surface area (Å²) in [5.41, 5.74) is 1.77. The van der Waals surface area contributed by atoms with Gasteiger partial charge in [-0.2, -0.15) is 0 Å². The van der Waals surface area contributed by atoms with Gasteiger partial charge in [0.15, 0.2) is 6.10 Å². The first-order valence-corrected chi connectivity index (χ1v) is 10.9. The molecule has 1 N–H and O–H groups in total. The molecule has 0 fully saturated rings. The van der Waals surface area contributed by atoms with Gasteiger partial charge in [-0.15, -0.1) is 0 Å². The number of carbonyl (C=O) groups excluding carboxylic acids is 1. The van der Waals surface area contributed by atoms with Crippen molar-refractivity contribution in [2.75, 3.05) is 17.4 Å². The van der Waals surface area contributed by atoms with E-state index in [0.717, 1.165) is 11.3 Å². The first-order valence-electron chi connectivity index (χ1n) is 9.44. The number of fused-ring (bicyclic) bond motifs is 1. The Labute approximate surface area is 166 Å². The molecule has 0 unspecified atom stereocenters. The number of carbonyl (C=O) groups is 1. The molecular formula is C21H26N2O4S. The van der Waals surface area contributed by atoms with E-state index in [1.165, 1.54) is 16.4 Å². The SMILES string of the molecule is CC(C)CNC(=O)[C@H](C)Oc1ccc(S(=O)(=O)N2CCc3ccccc32)cc1. The van der Waals surface area contributed by atoms with E-state index >= 15 is 0 Å². The van der Waals surface area contributed by atoms with Crippen LogP contribution in [0.15, 0.2) is 53.4 Å². The van der Waals surface area contributed by atoms with E-state index < -0.39 is 16.1 Å². The normalized spacial score (nSPS) is 14.6. The van der Waals surface area contributed by atoms with Gasteiger partial charge in [0.2, 0.25) is 0 Å². The minimum atomic E-state index is -3.63. The lowest BCUT2D eigenvalue weighted by atomic mass is 10.2. The summed E-state index contributed by atoms with van der Waals surface area (Å²) in [4.78, 5) is 12.2. The largest absolute Gasteiger partial charge is 0.481 e. The lowest BCUT2D eigenvalue weighted by Gasteiger charge is -2.20. The number of amides is 1. The van der Waals surface area contributed by atoms with Crippen molar-refractivity contribution in [1.29, 1.82) is 0 Å². The van der Waals surface area contributed by atoms with Crippen molar-refractivity contribution in [3.63, 3.8) is 0 Å². The summed E-state index contributed by atoms with van der Waals surface area (Å²) in [6.45, 7) is 6.73. The molecule has 0 aliphatic carbocycles. The number of nitrogens with zero attached hydrogens (tertiary/aromatic N) is 1. The van der Waals surface area contributed by atoms with Crippen LogP contribution >= 0.6 is 0 Å². The van der Waals surface area contributed by atoms with Crippen molar-refractivity contribution in [2.24, 2.45) is 5.92 Å². The fourth-order valence-electron chi connectivity index (χ4n) is 3.08. The van der Waals surface area contributed by atoms with Crippen molar-refractivity contribution in [1.82, 2.24) is 5.32 Å². The summed E-state index contributed by atoms with van der Waals surface area (Å²) < 4.78 is 33.1. The summed E-state index contributed by atoms with van der Waals surface area (Å²) in [5, 5.41) is 2.82. The van der Waals surface area contributed by atoms with Gasteiger partial charge in [0.05, 0.1) is 10.6 Å². The van der Waals surface area contributed by atoms with Crippen molar-refractivity contribution in [3.05, 3.63) is 54.1 Å². The Hall–Kier alpha value is -2.54. The molecule has 0 spiro atoms. The highest BCUT2D eigenvalue weighted by Gasteiger charge is 2.30. The zero-order valence-electron chi connectivity index (χ0n) is 16.4. The maximum absolute atomic E-state index is 13.0. The zero-order chi connectivity index (χ0) is 20.3. The van der Waals surface area contributed by atoms with Crippen LogP contribution in [0.25, 0.3) is 0 Å². The van der Waals surface area contributed by atoms with Crippen LogP contribution in [-0.4, -0.2) is 33.5 Å². The third-order valence-electron chi connectivity index (χ3n) is 4.62. The topological polar surface area (TPSA) is 75.7 Å². The quantitative estimate of drug-likeness (QED) is 0.773. The number of nitrogens with one attached hydrogen (secondary N) is 1. The van der Waals surface area contributed by atoms with Crippen LogP contribution in [0.4, 0.5) is 5.69 Å². The minimum Gasteiger partial charge on any atom is -0.481 e. The molecule has 7 heteroatoms. The van der Waals surface area contributed by atoms with Gasteiger partial charge in [-0.3, -0.25) is 9.10 Å². The van der Waals surface area contributed by atoms with Gasteiger partial charge in [0, 0.05) is 13.1 Å². The molecule has 1 aliphatic heterocycles. The molecule has 0 saturated heterocycles. The molecule has 6 nitrogen and oxygen atoms in total. The lowest BCUT2D eigenvalue weighted by molar-refractivity contribution is -0.127. The molecule has 1 atom stereocenters. The van der Waals surface area contributed by atoms with Crippen LogP contribution in [-0.2, 0) is 21.2 Å². The van der Waals surface area contributed by atoms with Gasteiger partial charge in [-0.1, -0.05) is 32.0 Å². The first kappa shape index (κ1) is 20.2. The van der Waals surface area contributed by atoms with Gasteiger partial charge >= 0.3 is 0 Å². The van der Waals surface area contributed by atoms with Gasteiger partial charge in [-0.25, -0.2) is 8.42 Å². The fourth-order valence-corrected chi connectivity index (χ4v) is 4.58. The third kappa shape index (κ3) is 4.30. The molecule has 1 aliphatic rings. The number of para-hydroxylation sites is 1. The van der Waals surface area contributed by atoms with Crippen LogP contribution in [0.3, 0.4) is 0 Å². The van der Waals surface area contributed by atoms with Gasteiger partial charge in [-0.05, 0) is 55.2 Å². The number of hydrogen-bond donors (Lipinski definition) is 1. The monoisotopic (exact) mass is 402 g/mol. The Morgan fingerprint density at radius 2 is 1.79 bits per heavy atom. The molecule has 0 saturated carbocycles. The standard InChI is InChI=1S/C21H26N2O4S/c1-15(2)14-22-21(24)16(3)27-18-8-10-19(11-9-18)28(25,26)23-13-12-17-6-4-5-7-20(17)23/h4-11,15-16H,12-14H2,1-3H3,(H,22,24)/t16-/m0/s1. The van der Waals surface area contributed by atoms with E-state index in [1.54, 1.807) is 19.1 Å². The highest BCUT2D eigenvalue weighted by molar-refractivity contribution is 7.92. The number of ether oxygens (including phenoxy) is 1. The fraction of sp³-hybridized carbons (Fsp3) is 0.381. The van der Waals surface area contributed by atoms with Crippen LogP contribution in [0.5, 0.6) is 5.75 Å². The molecule has 1 heterocycles. The maximum atomic E-state index is 13.0. The molecule has 3 rings (SSSR count). The maximum Gasteiger partial charge on any atom is 0.264 e. The van der Waals surface area contributed by atoms with Crippen molar-refractivity contribution >= 4 is 21.6 Å². The molecule has 0 aromatic heterocycles. The van der Waals surface area contributed by atoms with Crippen molar-refractivity contribution in [2.45, 2.75) is 38.2 Å². The van der Waals surface area contributed by atoms with E-state index in [4.69, 9.17) is 4.74 Å². The summed E-state index contributed by atoms with van der Waals surface area (Å²) in [6, 6.07) is 13.7. The van der Waals surface area contributed by atoms with Crippen molar-refractivity contribution < 1.29 is 17.9 Å². The summed E-state index contributed by atoms with van der Waals surface area (Å²) >= 11 is 0. The summed E-state index contributed by atoms with van der Waals surface area (Å²) in [6.07, 6.45) is 0.0474. The molecule has 2 aromatic rings. The van der Waals surface area contributed by atoms with Crippen LogP contribution < -0.4 is 14.4 Å². The highest BCUT2D eigenvalue weighted by atomic mass is 32.2. The molecule has 1 amide bonds. The van der Waals surface area contributed by atoms with E-state index in [2.05, 4.69) is 5.32 Å². The minimum absolute atomic E-state index is 0.195. The van der Waals surface area contributed by atoms with E-state index in [0.29, 0.717) is 31.2 Å². The van der Waals surface area contributed by atoms with Crippen LogP contribution in [0, 0.1) is 5.92 Å². The number of rotatable bonds is 7. The molecule has 2 aromatic carbocycles. The first-order chi connectivity index (χ1) is 13.3. The second-order valence-electron chi connectivity index (χ2n) is 7.33. The second-order valence-corrected chi connectivity index (χ2v) is 9.19. The van der Waals surface area contributed by atoms with E-state index in [9.17, 15) is 13.2 Å². The van der Waals surface area contributed by atoms with Gasteiger partial charge in [0.1, 0.15) is 5.75 Å². The molecule has 0 bridgehead atoms. The Bertz CT molecular complexity index is 939. The number of hydrogen-bond acceptors (Lipinski definition) is 4. The van der Waals surface area contributed by atoms with Gasteiger partial charge in [0.25, 0.3) is 15.9 Å². The average molecular weight is 403 g/mol. The second kappa shape index (κ2) is 8.22. The Morgan fingerprint density at radius 1 is 1.11 bits per heavy atom. The summed E-state index contributed by atoms with van der Waals surface area (Å²) in [5.74, 6) is 0.614. The predicted octanol–water partition coefficient (Wildman–Crippen LogP) is 2.98. The van der Waals surface area contributed by atoms with E-state index in [-0.39, 0.29) is 10.8 Å². The molecule has 28 heavy (non-hydrogen) atoms. The van der Waals surface area contributed by atoms with E-state index in [1.807, 2.05) is 38.1 Å². The number of anilines is 1. The average Bonchev–Trinajstić information content (AvgIpc) is 3.11. The zero-order valence-corrected chi connectivity index (χ0v) is 17.2. The van der Waals surface area contributed by atoms with Crippen LogP contribution in [0.1, 0.15) is 26.3 Å². The number of benzene rings is 2. The van der Waals surface area contributed by atoms with Gasteiger partial charge < -0.3 is 10.1 Å². The summed E-state index contributed by atoms with van der Waals surface area (Å²) in [7, 11) is -3.63.